The van der Waals surface area contributed by atoms with Crippen LogP contribution in [0.4, 0.5) is 20.3 Å². The zero-order chi connectivity index (χ0) is 17.7. The number of benzene rings is 1. The van der Waals surface area contributed by atoms with Crippen molar-refractivity contribution in [2.24, 2.45) is 0 Å². The van der Waals surface area contributed by atoms with Gasteiger partial charge in [-0.1, -0.05) is 5.16 Å². The van der Waals surface area contributed by atoms with Gasteiger partial charge < -0.3 is 15.2 Å². The highest BCUT2D eigenvalue weighted by Crippen LogP contribution is 2.16. The molecule has 0 bridgehead atoms. The molecule has 9 heteroatoms. The molecule has 1 heterocycles. The first kappa shape index (κ1) is 17.9. The molecule has 2 rings (SSSR count). The molecular weight excluding hydrogens is 340 g/mol. The number of halogens is 2. The smallest absolute Gasteiger partial charge is 0.238 e. The highest BCUT2D eigenvalue weighted by atomic mass is 32.2. The number of hydrogen-bond acceptors (Lipinski definition) is 5. The highest BCUT2D eigenvalue weighted by molar-refractivity contribution is 8.01. The average molecular weight is 355 g/mol. The van der Waals surface area contributed by atoms with E-state index in [1.807, 2.05) is 0 Å². The van der Waals surface area contributed by atoms with Crippen LogP contribution in [0.2, 0.25) is 0 Å². The lowest BCUT2D eigenvalue weighted by Gasteiger charge is -2.10. The highest BCUT2D eigenvalue weighted by Gasteiger charge is 2.17. The first-order valence-electron chi connectivity index (χ1n) is 6.96. The van der Waals surface area contributed by atoms with Crippen LogP contribution in [-0.4, -0.2) is 28.0 Å². The van der Waals surface area contributed by atoms with Crippen LogP contribution < -0.4 is 10.6 Å². The summed E-state index contributed by atoms with van der Waals surface area (Å²) in [5, 5.41) is 8.12. The fraction of sp³-hybridized carbons (Fsp3) is 0.267. The Labute approximate surface area is 141 Å². The molecule has 0 aliphatic carbocycles. The average Bonchev–Trinajstić information content (AvgIpc) is 2.93. The molecule has 1 aromatic heterocycles. The standard InChI is InChI=1S/C15H15F2N3O3S/c1-8-5-13(20-23-8)19-15(22)9(2)24-7-14(21)18-10-3-4-11(16)12(17)6-10/h3-6,9H,7H2,1-2H3,(H,18,21)(H,19,20,22)/t9-/m1/s1. The lowest BCUT2D eigenvalue weighted by atomic mass is 10.3. The number of thioether (sulfide) groups is 1. The van der Waals surface area contributed by atoms with Gasteiger partial charge in [0.25, 0.3) is 0 Å². The first-order valence-corrected chi connectivity index (χ1v) is 8.00. The molecule has 6 nitrogen and oxygen atoms in total. The van der Waals surface area contributed by atoms with Gasteiger partial charge in [0.2, 0.25) is 11.8 Å². The van der Waals surface area contributed by atoms with Crippen molar-refractivity contribution in [2.45, 2.75) is 19.1 Å². The van der Waals surface area contributed by atoms with E-state index < -0.39 is 22.8 Å². The van der Waals surface area contributed by atoms with Crippen molar-refractivity contribution in [3.63, 3.8) is 0 Å². The van der Waals surface area contributed by atoms with E-state index in [1.165, 1.54) is 6.07 Å². The summed E-state index contributed by atoms with van der Waals surface area (Å²) in [5.41, 5.74) is 0.148. The lowest BCUT2D eigenvalue weighted by Crippen LogP contribution is -2.25. The van der Waals surface area contributed by atoms with Gasteiger partial charge in [-0.15, -0.1) is 11.8 Å². The summed E-state index contributed by atoms with van der Waals surface area (Å²) < 4.78 is 30.7. The number of carbonyl (C=O) groups is 2. The number of aryl methyl sites for hydroxylation is 1. The molecule has 0 fully saturated rings. The number of carbonyl (C=O) groups excluding carboxylic acids is 2. The van der Waals surface area contributed by atoms with Crippen LogP contribution in [0.5, 0.6) is 0 Å². The molecule has 0 radical (unpaired) electrons. The molecule has 1 atom stereocenters. The molecule has 0 saturated heterocycles. The minimum atomic E-state index is -1.05. The van der Waals surface area contributed by atoms with E-state index in [0.29, 0.717) is 11.6 Å². The van der Waals surface area contributed by atoms with E-state index in [1.54, 1.807) is 19.9 Å². The van der Waals surface area contributed by atoms with Gasteiger partial charge in [-0.3, -0.25) is 9.59 Å². The maximum Gasteiger partial charge on any atom is 0.238 e. The van der Waals surface area contributed by atoms with Crippen molar-refractivity contribution in [1.29, 1.82) is 0 Å². The predicted molar refractivity (Wildman–Crippen MR) is 86.8 cm³/mol. The van der Waals surface area contributed by atoms with Crippen LogP contribution in [-0.2, 0) is 9.59 Å². The Bertz CT molecular complexity index is 751. The summed E-state index contributed by atoms with van der Waals surface area (Å²) in [7, 11) is 0. The molecule has 0 saturated carbocycles. The fourth-order valence-corrected chi connectivity index (χ4v) is 2.38. The predicted octanol–water partition coefficient (Wildman–Crippen LogP) is 2.96. The van der Waals surface area contributed by atoms with Gasteiger partial charge in [-0.05, 0) is 26.0 Å². The van der Waals surface area contributed by atoms with Gasteiger partial charge >= 0.3 is 0 Å². The van der Waals surface area contributed by atoms with Crippen LogP contribution in [0.15, 0.2) is 28.8 Å². The van der Waals surface area contributed by atoms with Crippen LogP contribution in [0.1, 0.15) is 12.7 Å². The van der Waals surface area contributed by atoms with Crippen molar-refractivity contribution >= 4 is 35.1 Å². The molecule has 0 aliphatic heterocycles. The van der Waals surface area contributed by atoms with E-state index in [2.05, 4.69) is 15.8 Å². The summed E-state index contributed by atoms with van der Waals surface area (Å²) >= 11 is 1.09. The minimum Gasteiger partial charge on any atom is -0.360 e. The normalized spacial score (nSPS) is 11.8. The molecule has 24 heavy (non-hydrogen) atoms. The maximum absolute atomic E-state index is 13.1. The molecular formula is C15H15F2N3O3S. The summed E-state index contributed by atoms with van der Waals surface area (Å²) in [6.45, 7) is 3.33. The van der Waals surface area contributed by atoms with E-state index in [0.717, 1.165) is 23.9 Å². The molecule has 0 aliphatic rings. The van der Waals surface area contributed by atoms with Crippen LogP contribution in [0.25, 0.3) is 0 Å². The second-order valence-electron chi connectivity index (χ2n) is 4.94. The van der Waals surface area contributed by atoms with Gasteiger partial charge in [0.1, 0.15) is 5.76 Å². The van der Waals surface area contributed by atoms with Gasteiger partial charge in [-0.2, -0.15) is 0 Å². The van der Waals surface area contributed by atoms with Crippen molar-refractivity contribution in [2.75, 3.05) is 16.4 Å². The van der Waals surface area contributed by atoms with Gasteiger partial charge in [0, 0.05) is 17.8 Å². The lowest BCUT2D eigenvalue weighted by molar-refractivity contribution is -0.115. The zero-order valence-corrected chi connectivity index (χ0v) is 13.7. The van der Waals surface area contributed by atoms with Crippen LogP contribution in [0, 0.1) is 18.6 Å². The number of nitrogens with one attached hydrogen (secondary N) is 2. The quantitative estimate of drug-likeness (QED) is 0.832. The van der Waals surface area contributed by atoms with Crippen molar-refractivity contribution < 1.29 is 22.9 Å². The Kier molecular flexibility index (Phi) is 5.91. The summed E-state index contributed by atoms with van der Waals surface area (Å²) in [6, 6.07) is 4.64. The Morgan fingerprint density at radius 1 is 1.25 bits per heavy atom. The third kappa shape index (κ3) is 5.05. The number of nitrogens with zero attached hydrogens (tertiary/aromatic N) is 1. The van der Waals surface area contributed by atoms with Crippen molar-refractivity contribution in [3.8, 4) is 0 Å². The van der Waals surface area contributed by atoms with Crippen molar-refractivity contribution in [1.82, 2.24) is 5.16 Å². The Morgan fingerprint density at radius 3 is 2.62 bits per heavy atom. The second kappa shape index (κ2) is 7.91. The third-order valence-electron chi connectivity index (χ3n) is 2.92. The number of amides is 2. The van der Waals surface area contributed by atoms with Gasteiger partial charge in [-0.25, -0.2) is 8.78 Å². The first-order chi connectivity index (χ1) is 11.3. The van der Waals surface area contributed by atoms with Crippen LogP contribution >= 0.6 is 11.8 Å². The van der Waals surface area contributed by atoms with Crippen LogP contribution in [0.3, 0.4) is 0 Å². The zero-order valence-electron chi connectivity index (χ0n) is 12.9. The molecule has 2 amide bonds. The Hall–Kier alpha value is -2.42. The number of hydrogen-bond donors (Lipinski definition) is 2. The Morgan fingerprint density at radius 2 is 2.00 bits per heavy atom. The monoisotopic (exact) mass is 355 g/mol. The van der Waals surface area contributed by atoms with E-state index in [4.69, 9.17) is 4.52 Å². The SMILES string of the molecule is Cc1cc(NC(=O)[C@@H](C)SCC(=O)Nc2ccc(F)c(F)c2)no1. The number of rotatable bonds is 6. The topological polar surface area (TPSA) is 84.2 Å². The van der Waals surface area contributed by atoms with E-state index in [-0.39, 0.29) is 17.3 Å². The summed E-state index contributed by atoms with van der Waals surface area (Å²) in [5.74, 6) is -1.94. The van der Waals surface area contributed by atoms with E-state index >= 15 is 0 Å². The minimum absolute atomic E-state index is 0.0224. The third-order valence-corrected chi connectivity index (χ3v) is 4.06. The molecule has 0 spiro atoms. The molecule has 2 N–H and O–H groups in total. The van der Waals surface area contributed by atoms with Crippen molar-refractivity contribution in [3.05, 3.63) is 41.7 Å². The van der Waals surface area contributed by atoms with Gasteiger partial charge in [0.15, 0.2) is 17.5 Å². The number of anilines is 2. The maximum atomic E-state index is 13.1. The molecule has 1 aromatic carbocycles. The summed E-state index contributed by atoms with van der Waals surface area (Å²) in [4.78, 5) is 23.7. The molecule has 0 unspecified atom stereocenters. The van der Waals surface area contributed by atoms with Gasteiger partial charge in [0.05, 0.1) is 11.0 Å². The fourth-order valence-electron chi connectivity index (χ4n) is 1.70. The molecule has 2 aromatic rings. The number of aromatic nitrogens is 1. The molecule has 128 valence electrons. The largest absolute Gasteiger partial charge is 0.360 e. The summed E-state index contributed by atoms with van der Waals surface area (Å²) in [6.07, 6.45) is 0. The van der Waals surface area contributed by atoms with E-state index in [9.17, 15) is 18.4 Å². The second-order valence-corrected chi connectivity index (χ2v) is 6.27. The Balaban J connectivity index is 1.79.